The van der Waals surface area contributed by atoms with Gasteiger partial charge in [-0.1, -0.05) is 5.16 Å². The highest BCUT2D eigenvalue weighted by Crippen LogP contribution is 2.46. The van der Waals surface area contributed by atoms with Crippen LogP contribution in [0.4, 0.5) is 5.13 Å². The molecule has 2 fully saturated rings. The number of aromatic nitrogens is 1. The van der Waals surface area contributed by atoms with Gasteiger partial charge in [0.25, 0.3) is 11.8 Å². The number of aliphatic carboxylic acids is 2. The van der Waals surface area contributed by atoms with Crippen LogP contribution < -0.4 is 5.73 Å². The van der Waals surface area contributed by atoms with Crippen molar-refractivity contribution in [1.29, 1.82) is 0 Å². The van der Waals surface area contributed by atoms with Gasteiger partial charge in [-0.15, -0.1) is 23.1 Å². The molecule has 270 valence electrons. The first-order valence-corrected chi connectivity index (χ1v) is 17.9. The number of nitrogen functional groups attached to an aromatic ring is 1. The minimum absolute atomic E-state index is 0.0102. The molecule has 3 amide bonds. The number of Topliss-reactive ketones (excluding diaryl/α,β-unsaturated/α-hetero) is 1. The standard InChI is InChI=1S/C32H34N6O11S2/c1-32(2,30(47)48)49-35-23(19-14-51-31(33)34-19)22(41)11-18-27(44)37-24(29(45)46)15(13-50-28(18)37)12-38(6-3-4-7-38)8-5-36-25(42)16-9-20(39)21(40)10-17(16)26(36)43/h9-10,14,18,28H,3-8,11-13H2,1-2H3,(H5-,33,34,35,39,40,41,42,43,45,46,47,48)/p+1/t18-,28-/m1/s1. The van der Waals surface area contributed by atoms with Crippen molar-refractivity contribution in [2.45, 2.75) is 44.1 Å². The molecule has 0 bridgehead atoms. The summed E-state index contributed by atoms with van der Waals surface area (Å²) in [4.78, 5) is 89.0. The van der Waals surface area contributed by atoms with Crippen LogP contribution in [0.15, 0.2) is 33.9 Å². The van der Waals surface area contributed by atoms with E-state index in [1.165, 1.54) is 35.9 Å². The van der Waals surface area contributed by atoms with E-state index in [9.17, 15) is 49.2 Å². The molecule has 1 aromatic heterocycles. The van der Waals surface area contributed by atoms with Crippen molar-refractivity contribution in [2.24, 2.45) is 11.1 Å². The number of phenols is 2. The molecule has 6 rings (SSSR count). The van der Waals surface area contributed by atoms with E-state index >= 15 is 0 Å². The molecule has 17 nitrogen and oxygen atoms in total. The predicted molar refractivity (Wildman–Crippen MR) is 181 cm³/mol. The average Bonchev–Trinajstić information content (AvgIpc) is 3.77. The number of carboxylic acid groups (broad SMARTS) is 2. The smallest absolute Gasteiger partial charge is 0.352 e. The Morgan fingerprint density at radius 2 is 1.71 bits per heavy atom. The van der Waals surface area contributed by atoms with Crippen LogP contribution in [-0.4, -0.2) is 130 Å². The summed E-state index contributed by atoms with van der Waals surface area (Å²) in [5.41, 5.74) is 4.04. The molecule has 51 heavy (non-hydrogen) atoms. The highest BCUT2D eigenvalue weighted by Gasteiger charge is 2.55. The number of amides is 3. The van der Waals surface area contributed by atoms with E-state index in [0.29, 0.717) is 29.7 Å². The van der Waals surface area contributed by atoms with Crippen LogP contribution in [0.2, 0.25) is 0 Å². The SMILES string of the molecule is CC(C)(O/N=C(\C(=O)C[C@@H]1C(=O)N2C(C(=O)O)=C(C[N+]3(CCN4C(=O)c5cc(O)c(O)cc5C4=O)CCCC3)CS[C@H]12)c1csc(N)n1)C(=O)O. The number of phenolic OH excluding ortho intramolecular Hbond substituents is 2. The molecule has 5 heterocycles. The topological polar surface area (TPSA) is 250 Å². The average molecular weight is 744 g/mol. The maximum absolute atomic E-state index is 13.6. The van der Waals surface area contributed by atoms with Gasteiger partial charge in [0.15, 0.2) is 28.1 Å². The second-order valence-electron chi connectivity index (χ2n) is 13.3. The first-order valence-electron chi connectivity index (χ1n) is 15.9. The number of carbonyl (C=O) groups excluding carboxylic acids is 4. The van der Waals surface area contributed by atoms with Gasteiger partial charge in [-0.3, -0.25) is 29.0 Å². The number of rotatable bonds is 13. The highest BCUT2D eigenvalue weighted by molar-refractivity contribution is 8.00. The maximum Gasteiger partial charge on any atom is 0.352 e. The van der Waals surface area contributed by atoms with E-state index < -0.39 is 63.8 Å². The number of thioether (sulfide) groups is 1. The molecule has 6 N–H and O–H groups in total. The van der Waals surface area contributed by atoms with Gasteiger partial charge >= 0.3 is 11.9 Å². The van der Waals surface area contributed by atoms with Gasteiger partial charge in [0, 0.05) is 36.0 Å². The van der Waals surface area contributed by atoms with Crippen molar-refractivity contribution in [3.63, 3.8) is 0 Å². The zero-order valence-electron chi connectivity index (χ0n) is 27.5. The number of anilines is 1. The lowest BCUT2D eigenvalue weighted by atomic mass is 9.89. The number of β-lactam (4-membered cyclic amide) rings is 1. The maximum atomic E-state index is 13.6. The Labute approximate surface area is 298 Å². The Bertz CT molecular complexity index is 1890. The largest absolute Gasteiger partial charge is 0.504 e. The molecule has 4 aliphatic heterocycles. The van der Waals surface area contributed by atoms with Crippen molar-refractivity contribution in [3.8, 4) is 11.5 Å². The number of carbonyl (C=O) groups is 6. The van der Waals surface area contributed by atoms with Crippen molar-refractivity contribution >= 4 is 69.4 Å². The number of nitrogens with zero attached hydrogens (tertiary/aromatic N) is 5. The number of nitrogens with two attached hydrogens (primary N) is 1. The fraction of sp³-hybridized carbons (Fsp3) is 0.438. The van der Waals surface area contributed by atoms with Gasteiger partial charge in [-0.05, 0) is 26.0 Å². The molecule has 0 saturated carbocycles. The summed E-state index contributed by atoms with van der Waals surface area (Å²) in [5.74, 6) is -6.71. The number of hydrogen-bond acceptors (Lipinski definition) is 14. The minimum Gasteiger partial charge on any atom is -0.504 e. The zero-order chi connectivity index (χ0) is 37.0. The van der Waals surface area contributed by atoms with Gasteiger partial charge in [0.2, 0.25) is 11.5 Å². The van der Waals surface area contributed by atoms with Crippen molar-refractivity contribution in [3.05, 3.63) is 45.6 Å². The lowest BCUT2D eigenvalue weighted by Gasteiger charge is -2.50. The van der Waals surface area contributed by atoms with Crippen molar-refractivity contribution < 1.29 is 58.5 Å². The van der Waals surface area contributed by atoms with Crippen LogP contribution in [0.25, 0.3) is 0 Å². The molecule has 4 aliphatic rings. The van der Waals surface area contributed by atoms with Crippen LogP contribution in [0.3, 0.4) is 0 Å². The first-order chi connectivity index (χ1) is 24.0. The number of carboxylic acids is 2. The summed E-state index contributed by atoms with van der Waals surface area (Å²) in [5, 5.41) is 44.2. The van der Waals surface area contributed by atoms with Crippen LogP contribution in [0, 0.1) is 5.92 Å². The number of fused-ring (bicyclic) bond motifs is 2. The number of aromatic hydroxyl groups is 2. The number of hydrogen-bond donors (Lipinski definition) is 5. The quantitative estimate of drug-likeness (QED) is 0.0487. The lowest BCUT2D eigenvalue weighted by Crippen LogP contribution is -2.63. The Morgan fingerprint density at radius 3 is 2.25 bits per heavy atom. The Kier molecular flexibility index (Phi) is 9.32. The van der Waals surface area contributed by atoms with Crippen molar-refractivity contribution in [2.75, 3.05) is 44.2 Å². The lowest BCUT2D eigenvalue weighted by molar-refractivity contribution is -0.911. The molecule has 2 saturated heterocycles. The number of oxime groups is 1. The Morgan fingerprint density at radius 1 is 1.08 bits per heavy atom. The predicted octanol–water partition coefficient (Wildman–Crippen LogP) is 1.46. The third kappa shape index (κ3) is 6.51. The first kappa shape index (κ1) is 35.8. The van der Waals surface area contributed by atoms with Crippen LogP contribution in [0.5, 0.6) is 11.5 Å². The molecule has 2 atom stereocenters. The van der Waals surface area contributed by atoms with E-state index in [-0.39, 0.29) is 58.6 Å². The summed E-state index contributed by atoms with van der Waals surface area (Å²) in [6.45, 7) is 4.42. The van der Waals surface area contributed by atoms with Crippen LogP contribution in [0.1, 0.15) is 59.5 Å². The molecule has 1 aromatic carbocycles. The number of ketones is 1. The third-order valence-corrected chi connectivity index (χ3v) is 11.6. The second-order valence-corrected chi connectivity index (χ2v) is 15.3. The van der Waals surface area contributed by atoms with E-state index in [1.54, 1.807) is 0 Å². The van der Waals surface area contributed by atoms with E-state index in [0.717, 1.165) is 41.2 Å². The van der Waals surface area contributed by atoms with E-state index in [1.807, 2.05) is 0 Å². The molecule has 0 spiro atoms. The summed E-state index contributed by atoms with van der Waals surface area (Å²) >= 11 is 2.35. The monoisotopic (exact) mass is 743 g/mol. The Hall–Kier alpha value is -5.01. The van der Waals surface area contributed by atoms with Gasteiger partial charge in [-0.25, -0.2) is 14.6 Å². The molecule has 0 unspecified atom stereocenters. The van der Waals surface area contributed by atoms with Gasteiger partial charge < -0.3 is 35.5 Å². The van der Waals surface area contributed by atoms with Crippen molar-refractivity contribution in [1.82, 2.24) is 14.8 Å². The summed E-state index contributed by atoms with van der Waals surface area (Å²) < 4.78 is 0.383. The minimum atomic E-state index is -1.78. The van der Waals surface area contributed by atoms with E-state index in [2.05, 4.69) is 10.1 Å². The van der Waals surface area contributed by atoms with Gasteiger partial charge in [0.1, 0.15) is 17.9 Å². The van der Waals surface area contributed by atoms with Crippen LogP contribution >= 0.6 is 23.1 Å². The number of benzene rings is 1. The molecular formula is C32H35N6O11S2+. The second kappa shape index (κ2) is 13.3. The molecule has 19 heteroatoms. The zero-order valence-corrected chi connectivity index (χ0v) is 29.2. The van der Waals surface area contributed by atoms with Gasteiger partial charge in [0.05, 0.1) is 48.6 Å². The molecule has 2 aromatic rings. The summed E-state index contributed by atoms with van der Waals surface area (Å²) in [6, 6.07) is 2.12. The highest BCUT2D eigenvalue weighted by atomic mass is 32.2. The summed E-state index contributed by atoms with van der Waals surface area (Å²) in [7, 11) is 0. The number of likely N-dealkylation sites (tertiary alicyclic amines) is 1. The molecular weight excluding hydrogens is 709 g/mol. The summed E-state index contributed by atoms with van der Waals surface area (Å²) in [6.07, 6.45) is 1.31. The van der Waals surface area contributed by atoms with Crippen LogP contribution in [-0.2, 0) is 24.0 Å². The normalized spacial score (nSPS) is 21.5. The number of quaternary nitrogens is 1. The number of imide groups is 1. The molecule has 0 radical (unpaired) electrons. The Balaban J connectivity index is 1.18. The van der Waals surface area contributed by atoms with E-state index in [4.69, 9.17) is 10.6 Å². The number of thiazole rings is 1. The van der Waals surface area contributed by atoms with Gasteiger partial charge in [-0.2, -0.15) is 0 Å². The fourth-order valence-corrected chi connectivity index (χ4v) is 8.72. The third-order valence-electron chi connectivity index (χ3n) is 9.58. The molecule has 0 aliphatic carbocycles. The fourth-order valence-electron chi connectivity index (χ4n) is 6.77.